The van der Waals surface area contributed by atoms with Crippen LogP contribution < -0.4 is 5.56 Å². The SMILES string of the molecule is CCCc1c(O)nc(-c2ncc(Cl)cc2Cl)[nH]c1=O. The Balaban J connectivity index is 2.55. The van der Waals surface area contributed by atoms with Crippen molar-refractivity contribution in [2.75, 3.05) is 0 Å². The minimum atomic E-state index is -0.392. The largest absolute Gasteiger partial charge is 0.493 e. The summed E-state index contributed by atoms with van der Waals surface area (Å²) in [6, 6.07) is 1.49. The fourth-order valence-electron chi connectivity index (χ4n) is 1.66. The zero-order valence-electron chi connectivity index (χ0n) is 10.1. The average molecular weight is 300 g/mol. The first-order valence-electron chi connectivity index (χ1n) is 5.66. The molecule has 0 amide bonds. The fourth-order valence-corrected chi connectivity index (χ4v) is 2.13. The first kappa shape index (κ1) is 13.8. The van der Waals surface area contributed by atoms with Crippen LogP contribution in [0.15, 0.2) is 17.1 Å². The highest BCUT2D eigenvalue weighted by atomic mass is 35.5. The van der Waals surface area contributed by atoms with E-state index in [0.717, 1.165) is 6.42 Å². The van der Waals surface area contributed by atoms with Crippen molar-refractivity contribution < 1.29 is 5.11 Å². The maximum atomic E-state index is 11.8. The van der Waals surface area contributed by atoms with Crippen LogP contribution in [0.4, 0.5) is 0 Å². The lowest BCUT2D eigenvalue weighted by Gasteiger charge is -2.06. The molecule has 0 aliphatic heterocycles. The van der Waals surface area contributed by atoms with Crippen molar-refractivity contribution in [2.45, 2.75) is 19.8 Å². The number of hydrogen-bond acceptors (Lipinski definition) is 4. The highest BCUT2D eigenvalue weighted by molar-refractivity contribution is 6.35. The zero-order chi connectivity index (χ0) is 14.0. The molecule has 2 aromatic heterocycles. The van der Waals surface area contributed by atoms with Crippen LogP contribution in [0.25, 0.3) is 11.5 Å². The monoisotopic (exact) mass is 299 g/mol. The van der Waals surface area contributed by atoms with Crippen LogP contribution in [-0.4, -0.2) is 20.1 Å². The van der Waals surface area contributed by atoms with E-state index in [4.69, 9.17) is 23.2 Å². The van der Waals surface area contributed by atoms with E-state index in [9.17, 15) is 9.90 Å². The van der Waals surface area contributed by atoms with Gasteiger partial charge in [-0.25, -0.2) is 4.98 Å². The normalized spacial score (nSPS) is 10.7. The summed E-state index contributed by atoms with van der Waals surface area (Å²) < 4.78 is 0. The summed E-state index contributed by atoms with van der Waals surface area (Å²) in [5, 5.41) is 10.4. The van der Waals surface area contributed by atoms with Crippen LogP contribution in [0.5, 0.6) is 5.88 Å². The third-order valence-corrected chi connectivity index (χ3v) is 3.02. The van der Waals surface area contributed by atoms with Crippen molar-refractivity contribution >= 4 is 23.2 Å². The first-order chi connectivity index (χ1) is 9.02. The van der Waals surface area contributed by atoms with E-state index in [1.807, 2.05) is 6.92 Å². The Labute approximate surface area is 119 Å². The Hall–Kier alpha value is -1.59. The molecular formula is C12H11Cl2N3O2. The van der Waals surface area contributed by atoms with Gasteiger partial charge < -0.3 is 10.1 Å². The fraction of sp³-hybridized carbons (Fsp3) is 0.250. The number of hydrogen-bond donors (Lipinski definition) is 2. The molecule has 7 heteroatoms. The van der Waals surface area contributed by atoms with Gasteiger partial charge in [0.1, 0.15) is 5.69 Å². The summed E-state index contributed by atoms with van der Waals surface area (Å²) in [6.07, 6.45) is 2.58. The second-order valence-electron chi connectivity index (χ2n) is 3.95. The van der Waals surface area contributed by atoms with Gasteiger partial charge in [-0.15, -0.1) is 0 Å². The number of halogens is 2. The molecule has 0 aromatic carbocycles. The maximum absolute atomic E-state index is 11.8. The molecule has 2 aromatic rings. The van der Waals surface area contributed by atoms with E-state index in [0.29, 0.717) is 11.4 Å². The van der Waals surface area contributed by atoms with E-state index in [2.05, 4.69) is 15.0 Å². The van der Waals surface area contributed by atoms with Crippen LogP contribution >= 0.6 is 23.2 Å². The Morgan fingerprint density at radius 3 is 2.74 bits per heavy atom. The minimum absolute atomic E-state index is 0.115. The number of aromatic nitrogens is 3. The molecule has 2 rings (SSSR count). The summed E-state index contributed by atoms with van der Waals surface area (Å²) in [4.78, 5) is 22.3. The lowest BCUT2D eigenvalue weighted by molar-refractivity contribution is 0.443. The van der Waals surface area contributed by atoms with E-state index >= 15 is 0 Å². The van der Waals surface area contributed by atoms with Gasteiger partial charge in [0.2, 0.25) is 5.88 Å². The molecule has 100 valence electrons. The molecule has 0 spiro atoms. The summed E-state index contributed by atoms with van der Waals surface area (Å²) in [6.45, 7) is 1.91. The minimum Gasteiger partial charge on any atom is -0.493 e. The predicted molar refractivity (Wildman–Crippen MR) is 73.8 cm³/mol. The van der Waals surface area contributed by atoms with Crippen LogP contribution in [0, 0.1) is 0 Å². The molecular weight excluding hydrogens is 289 g/mol. The lowest BCUT2D eigenvalue weighted by atomic mass is 10.2. The second-order valence-corrected chi connectivity index (χ2v) is 4.79. The van der Waals surface area contributed by atoms with E-state index in [1.165, 1.54) is 12.3 Å². The number of rotatable bonds is 3. The first-order valence-corrected chi connectivity index (χ1v) is 6.42. The Morgan fingerprint density at radius 2 is 2.16 bits per heavy atom. The molecule has 2 heterocycles. The van der Waals surface area contributed by atoms with Crippen LogP contribution in [0.1, 0.15) is 18.9 Å². The van der Waals surface area contributed by atoms with Crippen molar-refractivity contribution in [3.8, 4) is 17.4 Å². The van der Waals surface area contributed by atoms with Crippen molar-refractivity contribution in [3.05, 3.63) is 38.2 Å². The second kappa shape index (κ2) is 5.59. The summed E-state index contributed by atoms with van der Waals surface area (Å²) in [5.74, 6) is -0.183. The third kappa shape index (κ3) is 2.88. The molecule has 0 saturated carbocycles. The zero-order valence-corrected chi connectivity index (χ0v) is 11.6. The number of nitrogens with one attached hydrogen (secondary N) is 1. The molecule has 0 bridgehead atoms. The standard InChI is InChI=1S/C12H11Cl2N3O2/c1-2-3-7-11(18)16-10(17-12(7)19)9-8(14)4-6(13)5-15-9/h4-5H,2-3H2,1H3,(H2,16,17,18,19). The highest BCUT2D eigenvalue weighted by Crippen LogP contribution is 2.26. The molecule has 0 radical (unpaired) electrons. The maximum Gasteiger partial charge on any atom is 0.258 e. The van der Waals surface area contributed by atoms with Gasteiger partial charge in [0, 0.05) is 6.20 Å². The number of aromatic hydroxyl groups is 1. The van der Waals surface area contributed by atoms with Gasteiger partial charge in [0.15, 0.2) is 5.82 Å². The van der Waals surface area contributed by atoms with Gasteiger partial charge in [-0.2, -0.15) is 4.98 Å². The molecule has 0 saturated heterocycles. The Bertz CT molecular complexity index is 671. The van der Waals surface area contributed by atoms with Gasteiger partial charge in [-0.1, -0.05) is 36.5 Å². The van der Waals surface area contributed by atoms with Crippen molar-refractivity contribution in [1.29, 1.82) is 0 Å². The summed E-state index contributed by atoms with van der Waals surface area (Å²) >= 11 is 11.7. The van der Waals surface area contributed by atoms with Crippen LogP contribution in [0.2, 0.25) is 10.0 Å². The van der Waals surface area contributed by atoms with E-state index < -0.39 is 5.56 Å². The third-order valence-electron chi connectivity index (χ3n) is 2.53. The molecule has 0 aliphatic rings. The van der Waals surface area contributed by atoms with Gasteiger partial charge in [-0.3, -0.25) is 4.79 Å². The Kier molecular flexibility index (Phi) is 4.07. The number of aromatic amines is 1. The topological polar surface area (TPSA) is 78.9 Å². The van der Waals surface area contributed by atoms with Crippen LogP contribution in [-0.2, 0) is 6.42 Å². The highest BCUT2D eigenvalue weighted by Gasteiger charge is 2.14. The predicted octanol–water partition coefficient (Wildman–Crippen LogP) is 2.80. The van der Waals surface area contributed by atoms with Crippen molar-refractivity contribution in [2.24, 2.45) is 0 Å². The number of pyridine rings is 1. The molecule has 0 unspecified atom stereocenters. The van der Waals surface area contributed by atoms with Crippen molar-refractivity contribution in [3.63, 3.8) is 0 Å². The van der Waals surface area contributed by atoms with Gasteiger partial charge in [0.25, 0.3) is 5.56 Å². The summed E-state index contributed by atoms with van der Waals surface area (Å²) in [5.41, 5.74) is 0.134. The van der Waals surface area contributed by atoms with Gasteiger partial charge in [0.05, 0.1) is 15.6 Å². The van der Waals surface area contributed by atoms with Gasteiger partial charge >= 0.3 is 0 Å². The summed E-state index contributed by atoms with van der Waals surface area (Å²) in [7, 11) is 0. The molecule has 0 aliphatic carbocycles. The smallest absolute Gasteiger partial charge is 0.258 e. The van der Waals surface area contributed by atoms with E-state index in [-0.39, 0.29) is 28.0 Å². The van der Waals surface area contributed by atoms with Crippen LogP contribution in [0.3, 0.4) is 0 Å². The number of H-pyrrole nitrogens is 1. The number of nitrogens with zero attached hydrogens (tertiary/aromatic N) is 2. The molecule has 5 nitrogen and oxygen atoms in total. The van der Waals surface area contributed by atoms with Crippen molar-refractivity contribution in [1.82, 2.24) is 15.0 Å². The molecule has 0 atom stereocenters. The molecule has 0 fully saturated rings. The Morgan fingerprint density at radius 1 is 1.42 bits per heavy atom. The van der Waals surface area contributed by atoms with E-state index in [1.54, 1.807) is 0 Å². The lowest BCUT2D eigenvalue weighted by Crippen LogP contribution is -2.15. The van der Waals surface area contributed by atoms with Gasteiger partial charge in [-0.05, 0) is 12.5 Å². The molecule has 19 heavy (non-hydrogen) atoms. The average Bonchev–Trinajstić information content (AvgIpc) is 2.33. The quantitative estimate of drug-likeness (QED) is 0.913. The molecule has 2 N–H and O–H groups in total.